The van der Waals surface area contributed by atoms with Gasteiger partial charge in [-0.1, -0.05) is 22.0 Å². The highest BCUT2D eigenvalue weighted by Crippen LogP contribution is 2.28. The summed E-state index contributed by atoms with van der Waals surface area (Å²) in [6.07, 6.45) is 0.331. The number of aliphatic hydroxyl groups excluding tert-OH is 1. The van der Waals surface area contributed by atoms with Crippen LogP contribution in [0.4, 0.5) is 0 Å². The first-order valence-electron chi connectivity index (χ1n) is 6.32. The van der Waals surface area contributed by atoms with Crippen molar-refractivity contribution in [3.8, 4) is 5.75 Å². The van der Waals surface area contributed by atoms with Crippen molar-refractivity contribution in [3.05, 3.63) is 28.2 Å². The van der Waals surface area contributed by atoms with Gasteiger partial charge in [-0.15, -0.1) is 0 Å². The molecule has 0 heterocycles. The molecule has 0 saturated carbocycles. The minimum atomic E-state index is -0.550. The van der Waals surface area contributed by atoms with Crippen molar-refractivity contribution in [3.63, 3.8) is 0 Å². The van der Waals surface area contributed by atoms with Crippen LogP contribution in [-0.4, -0.2) is 38.6 Å². The number of rotatable bonds is 9. The molecule has 1 rings (SSSR count). The van der Waals surface area contributed by atoms with E-state index in [0.717, 1.165) is 16.5 Å². The summed E-state index contributed by atoms with van der Waals surface area (Å²) in [5.41, 5.74) is 0.780. The van der Waals surface area contributed by atoms with Crippen LogP contribution in [0.1, 0.15) is 25.0 Å². The number of ether oxygens (including phenoxy) is 3. The molecule has 0 aliphatic carbocycles. The van der Waals surface area contributed by atoms with Crippen LogP contribution in [0.25, 0.3) is 0 Å². The predicted molar refractivity (Wildman–Crippen MR) is 77.6 cm³/mol. The summed E-state index contributed by atoms with van der Waals surface area (Å²) in [7, 11) is 1.67. The highest BCUT2D eigenvalue weighted by Gasteiger charge is 2.09. The van der Waals surface area contributed by atoms with Crippen molar-refractivity contribution in [1.29, 1.82) is 0 Å². The smallest absolute Gasteiger partial charge is 0.126 e. The molecule has 19 heavy (non-hydrogen) atoms. The van der Waals surface area contributed by atoms with Crippen LogP contribution < -0.4 is 4.74 Å². The van der Waals surface area contributed by atoms with Crippen molar-refractivity contribution in [2.75, 3.05) is 33.5 Å². The van der Waals surface area contributed by atoms with Gasteiger partial charge < -0.3 is 19.3 Å². The quantitative estimate of drug-likeness (QED) is 0.706. The van der Waals surface area contributed by atoms with E-state index in [-0.39, 0.29) is 0 Å². The summed E-state index contributed by atoms with van der Waals surface area (Å²) in [6.45, 7) is 4.08. The van der Waals surface area contributed by atoms with E-state index in [4.69, 9.17) is 14.2 Å². The van der Waals surface area contributed by atoms with Gasteiger partial charge in [0.25, 0.3) is 0 Å². The fraction of sp³-hybridized carbons (Fsp3) is 0.571. The maximum atomic E-state index is 9.65. The van der Waals surface area contributed by atoms with Crippen LogP contribution >= 0.6 is 15.9 Å². The molecular formula is C14H21BrO4. The maximum Gasteiger partial charge on any atom is 0.126 e. The van der Waals surface area contributed by atoms with Crippen LogP contribution in [0, 0.1) is 0 Å². The van der Waals surface area contributed by atoms with Gasteiger partial charge in [-0.2, -0.15) is 0 Å². The van der Waals surface area contributed by atoms with Gasteiger partial charge in [-0.25, -0.2) is 0 Å². The van der Waals surface area contributed by atoms with Gasteiger partial charge in [0.1, 0.15) is 12.4 Å². The standard InChI is InChI=1S/C14H21BrO4/c1-11(16)13-5-4-12(15)10-14(13)19-9-8-18-7-3-6-17-2/h4-5,10-11,16H,3,6-9H2,1-2H3. The van der Waals surface area contributed by atoms with Crippen molar-refractivity contribution in [1.82, 2.24) is 0 Å². The fourth-order valence-corrected chi connectivity index (χ4v) is 1.94. The molecule has 4 nitrogen and oxygen atoms in total. The van der Waals surface area contributed by atoms with Crippen LogP contribution in [0.5, 0.6) is 5.75 Å². The molecule has 0 fully saturated rings. The summed E-state index contributed by atoms with van der Waals surface area (Å²) in [6, 6.07) is 5.59. The first-order chi connectivity index (χ1) is 9.15. The summed E-state index contributed by atoms with van der Waals surface area (Å²) >= 11 is 3.39. The van der Waals surface area contributed by atoms with E-state index in [2.05, 4.69) is 15.9 Å². The lowest BCUT2D eigenvalue weighted by molar-refractivity contribution is 0.0795. The molecule has 1 aromatic rings. The van der Waals surface area contributed by atoms with E-state index in [9.17, 15) is 5.11 Å². The third-order valence-corrected chi connectivity index (χ3v) is 3.04. The number of halogens is 1. The van der Waals surface area contributed by atoms with Gasteiger partial charge in [0.15, 0.2) is 0 Å². The minimum absolute atomic E-state index is 0.461. The molecule has 5 heteroatoms. The van der Waals surface area contributed by atoms with Crippen LogP contribution in [-0.2, 0) is 9.47 Å². The zero-order valence-electron chi connectivity index (χ0n) is 11.4. The molecule has 0 bridgehead atoms. The zero-order chi connectivity index (χ0) is 14.1. The topological polar surface area (TPSA) is 47.9 Å². The molecule has 1 N–H and O–H groups in total. The van der Waals surface area contributed by atoms with Crippen LogP contribution in [0.15, 0.2) is 22.7 Å². The fourth-order valence-electron chi connectivity index (χ4n) is 1.60. The SMILES string of the molecule is COCCCOCCOc1cc(Br)ccc1C(C)O. The summed E-state index contributed by atoms with van der Waals surface area (Å²) < 4.78 is 16.9. The van der Waals surface area contributed by atoms with Crippen molar-refractivity contribution in [2.45, 2.75) is 19.4 Å². The van der Waals surface area contributed by atoms with Gasteiger partial charge >= 0.3 is 0 Å². The average Bonchev–Trinajstić information content (AvgIpc) is 2.37. The molecule has 1 atom stereocenters. The minimum Gasteiger partial charge on any atom is -0.491 e. The number of hydrogen-bond donors (Lipinski definition) is 1. The van der Waals surface area contributed by atoms with Crippen molar-refractivity contribution < 1.29 is 19.3 Å². The second-order valence-electron chi connectivity index (χ2n) is 4.17. The van der Waals surface area contributed by atoms with Gasteiger partial charge in [-0.05, 0) is 25.5 Å². The zero-order valence-corrected chi connectivity index (χ0v) is 13.0. The molecule has 0 aromatic heterocycles. The molecule has 0 aliphatic heterocycles. The lowest BCUT2D eigenvalue weighted by atomic mass is 10.1. The van der Waals surface area contributed by atoms with Crippen molar-refractivity contribution in [2.24, 2.45) is 0 Å². The van der Waals surface area contributed by atoms with Gasteiger partial charge in [0, 0.05) is 30.4 Å². The molecule has 1 aromatic carbocycles. The Kier molecular flexibility index (Phi) is 8.05. The number of hydrogen-bond acceptors (Lipinski definition) is 4. The van der Waals surface area contributed by atoms with E-state index in [0.29, 0.717) is 32.2 Å². The summed E-state index contributed by atoms with van der Waals surface area (Å²) in [5, 5.41) is 9.65. The van der Waals surface area contributed by atoms with Gasteiger partial charge in [-0.3, -0.25) is 0 Å². The van der Waals surface area contributed by atoms with Crippen LogP contribution in [0.3, 0.4) is 0 Å². The second kappa shape index (κ2) is 9.31. The molecule has 0 radical (unpaired) electrons. The third kappa shape index (κ3) is 6.38. The molecular weight excluding hydrogens is 312 g/mol. The Balaban J connectivity index is 2.34. The Morgan fingerprint density at radius 2 is 2.00 bits per heavy atom. The van der Waals surface area contributed by atoms with Gasteiger partial charge in [0.05, 0.1) is 12.7 Å². The van der Waals surface area contributed by atoms with E-state index in [1.165, 1.54) is 0 Å². The van der Waals surface area contributed by atoms with E-state index in [1.54, 1.807) is 14.0 Å². The molecule has 108 valence electrons. The Morgan fingerprint density at radius 3 is 2.68 bits per heavy atom. The average molecular weight is 333 g/mol. The van der Waals surface area contributed by atoms with Crippen molar-refractivity contribution >= 4 is 15.9 Å². The monoisotopic (exact) mass is 332 g/mol. The Labute approximate surface area is 122 Å². The highest BCUT2D eigenvalue weighted by molar-refractivity contribution is 9.10. The van der Waals surface area contributed by atoms with E-state index < -0.39 is 6.10 Å². The first kappa shape index (κ1) is 16.4. The summed E-state index contributed by atoms with van der Waals surface area (Å²) in [4.78, 5) is 0. The lowest BCUT2D eigenvalue weighted by Gasteiger charge is -2.14. The third-order valence-electron chi connectivity index (χ3n) is 2.55. The number of aliphatic hydroxyl groups is 1. The Morgan fingerprint density at radius 1 is 1.21 bits per heavy atom. The Bertz CT molecular complexity index is 368. The number of methoxy groups -OCH3 is 1. The molecule has 1 unspecified atom stereocenters. The van der Waals surface area contributed by atoms with E-state index in [1.807, 2.05) is 18.2 Å². The Hall–Kier alpha value is -0.620. The molecule has 0 aliphatic rings. The lowest BCUT2D eigenvalue weighted by Crippen LogP contribution is -2.10. The maximum absolute atomic E-state index is 9.65. The normalized spacial score (nSPS) is 12.4. The van der Waals surface area contributed by atoms with E-state index >= 15 is 0 Å². The largest absolute Gasteiger partial charge is 0.491 e. The van der Waals surface area contributed by atoms with Gasteiger partial charge in [0.2, 0.25) is 0 Å². The highest BCUT2D eigenvalue weighted by atomic mass is 79.9. The predicted octanol–water partition coefficient (Wildman–Crippen LogP) is 2.93. The first-order valence-corrected chi connectivity index (χ1v) is 7.11. The molecule has 0 spiro atoms. The molecule has 0 amide bonds. The second-order valence-corrected chi connectivity index (χ2v) is 5.08. The molecule has 0 saturated heterocycles. The van der Waals surface area contributed by atoms with Crippen LogP contribution in [0.2, 0.25) is 0 Å². The summed E-state index contributed by atoms with van der Waals surface area (Å²) in [5.74, 6) is 0.685. The number of benzene rings is 1.